The molecule has 2 nitrogen and oxygen atoms in total. The Morgan fingerprint density at radius 3 is 2.11 bits per heavy atom. The van der Waals surface area contributed by atoms with Crippen molar-refractivity contribution in [1.29, 1.82) is 0 Å². The number of allylic oxidation sites excluding steroid dienone is 1. The smallest absolute Gasteiger partial charge is 0.146 e. The van der Waals surface area contributed by atoms with Crippen molar-refractivity contribution in [3.8, 4) is 0 Å². The van der Waals surface area contributed by atoms with Gasteiger partial charge in [0, 0.05) is 7.11 Å². The van der Waals surface area contributed by atoms with Crippen molar-refractivity contribution in [3.05, 3.63) is 12.2 Å². The van der Waals surface area contributed by atoms with Gasteiger partial charge in [0.2, 0.25) is 0 Å². The summed E-state index contributed by atoms with van der Waals surface area (Å²) in [6.45, 7) is 1.17. The van der Waals surface area contributed by atoms with Gasteiger partial charge >= 0.3 is 0 Å². The van der Waals surface area contributed by atoms with Crippen LogP contribution in [0.2, 0.25) is 0 Å². The molecule has 0 saturated carbocycles. The zero-order chi connectivity index (χ0) is 13.3. The van der Waals surface area contributed by atoms with E-state index in [2.05, 4.69) is 34.7 Å². The van der Waals surface area contributed by atoms with Crippen molar-refractivity contribution in [1.82, 2.24) is 0 Å². The fourth-order valence-corrected chi connectivity index (χ4v) is 2.31. The first-order chi connectivity index (χ1) is 8.91. The Morgan fingerprint density at radius 2 is 1.44 bits per heavy atom. The van der Waals surface area contributed by atoms with Crippen LogP contribution in [-0.4, -0.2) is 24.9 Å². The van der Waals surface area contributed by atoms with Crippen molar-refractivity contribution in [2.24, 2.45) is 0 Å². The zero-order valence-corrected chi connectivity index (χ0v) is 14.0. The van der Waals surface area contributed by atoms with E-state index in [1.807, 2.05) is 0 Å². The number of halogens is 1. The lowest BCUT2D eigenvalue weighted by Gasteiger charge is -2.00. The molecule has 0 aliphatic rings. The van der Waals surface area contributed by atoms with Crippen molar-refractivity contribution >= 4 is 22.6 Å². The third-order valence-corrected chi connectivity index (χ3v) is 3.56. The maximum Gasteiger partial charge on any atom is 0.146 e. The summed E-state index contributed by atoms with van der Waals surface area (Å²) in [7, 11) is 1.65. The third-order valence-electron chi connectivity index (χ3n) is 2.80. The first-order valence-corrected chi connectivity index (χ1v) is 8.72. The van der Waals surface area contributed by atoms with Gasteiger partial charge in [0.1, 0.15) is 6.79 Å². The van der Waals surface area contributed by atoms with Crippen LogP contribution in [0.3, 0.4) is 0 Å². The standard InChI is InChI=1S/C15H29IO2/c1-17-15-18-14-12-10-8-6-4-2-3-5-7-9-11-13-16/h8,10H,2-7,9,11-15H2,1H3. The van der Waals surface area contributed by atoms with Gasteiger partial charge in [-0.3, -0.25) is 0 Å². The lowest BCUT2D eigenvalue weighted by atomic mass is 10.1. The molecule has 0 fully saturated rings. The largest absolute Gasteiger partial charge is 0.359 e. The van der Waals surface area contributed by atoms with Gasteiger partial charge in [-0.2, -0.15) is 0 Å². The summed E-state index contributed by atoms with van der Waals surface area (Å²) in [5, 5.41) is 0. The minimum atomic E-state index is 0.408. The second-order valence-electron chi connectivity index (χ2n) is 4.53. The van der Waals surface area contributed by atoms with E-state index in [0.717, 1.165) is 13.0 Å². The molecule has 0 aromatic carbocycles. The normalized spacial score (nSPS) is 11.4. The fourth-order valence-electron chi connectivity index (χ4n) is 1.77. The van der Waals surface area contributed by atoms with Gasteiger partial charge in [0.05, 0.1) is 6.61 Å². The highest BCUT2D eigenvalue weighted by atomic mass is 127. The molecule has 0 aromatic heterocycles. The average Bonchev–Trinajstić information content (AvgIpc) is 2.39. The number of hydrogen-bond acceptors (Lipinski definition) is 2. The SMILES string of the molecule is COCOCCC=CCCCCCCCCCI. The van der Waals surface area contributed by atoms with Crippen molar-refractivity contribution < 1.29 is 9.47 Å². The van der Waals surface area contributed by atoms with E-state index in [1.165, 1.54) is 55.8 Å². The summed E-state index contributed by atoms with van der Waals surface area (Å²) < 4.78 is 11.3. The molecular formula is C15H29IO2. The van der Waals surface area contributed by atoms with E-state index in [9.17, 15) is 0 Å². The number of alkyl halides is 1. The summed E-state index contributed by atoms with van der Waals surface area (Å²) in [5.41, 5.74) is 0. The molecule has 0 aromatic rings. The van der Waals surface area contributed by atoms with Gasteiger partial charge in [-0.15, -0.1) is 0 Å². The Bertz CT molecular complexity index is 172. The third kappa shape index (κ3) is 16.4. The van der Waals surface area contributed by atoms with Crippen LogP contribution < -0.4 is 0 Å². The molecule has 0 amide bonds. The second kappa shape index (κ2) is 17.4. The molecule has 0 atom stereocenters. The quantitative estimate of drug-likeness (QED) is 0.139. The van der Waals surface area contributed by atoms with E-state index >= 15 is 0 Å². The van der Waals surface area contributed by atoms with Crippen molar-refractivity contribution in [2.45, 2.75) is 57.8 Å². The molecule has 0 aliphatic carbocycles. The Hall–Kier alpha value is 0.390. The number of ether oxygens (including phenoxy) is 2. The Labute approximate surface area is 127 Å². The number of rotatable bonds is 14. The van der Waals surface area contributed by atoms with Crippen molar-refractivity contribution in [3.63, 3.8) is 0 Å². The number of methoxy groups -OCH3 is 1. The Kier molecular flexibility index (Phi) is 17.8. The van der Waals surface area contributed by atoms with Gasteiger partial charge in [-0.25, -0.2) is 0 Å². The molecule has 0 bridgehead atoms. The van der Waals surface area contributed by atoms with Crippen LogP contribution in [0.5, 0.6) is 0 Å². The van der Waals surface area contributed by atoms with Gasteiger partial charge < -0.3 is 9.47 Å². The van der Waals surface area contributed by atoms with E-state index in [0.29, 0.717) is 6.79 Å². The number of hydrogen-bond donors (Lipinski definition) is 0. The van der Waals surface area contributed by atoms with Crippen LogP contribution in [0.15, 0.2) is 12.2 Å². The average molecular weight is 368 g/mol. The highest BCUT2D eigenvalue weighted by Crippen LogP contribution is 2.09. The molecule has 0 aliphatic heterocycles. The predicted octanol–water partition coefficient (Wildman–Crippen LogP) is 5.11. The lowest BCUT2D eigenvalue weighted by molar-refractivity contribution is -0.0285. The maximum atomic E-state index is 5.20. The van der Waals surface area contributed by atoms with Gasteiger partial charge in [-0.1, -0.05) is 66.8 Å². The molecule has 0 unspecified atom stereocenters. The van der Waals surface area contributed by atoms with E-state index < -0.39 is 0 Å². The molecule has 0 spiro atoms. The van der Waals surface area contributed by atoms with Crippen LogP contribution in [0.1, 0.15) is 57.8 Å². The molecule has 0 saturated heterocycles. The molecule has 0 heterocycles. The second-order valence-corrected chi connectivity index (χ2v) is 5.61. The summed E-state index contributed by atoms with van der Waals surface area (Å²) in [6.07, 6.45) is 16.5. The molecule has 0 rings (SSSR count). The monoisotopic (exact) mass is 368 g/mol. The molecule has 108 valence electrons. The first kappa shape index (κ1) is 18.4. The van der Waals surface area contributed by atoms with Crippen LogP contribution >= 0.6 is 22.6 Å². The predicted molar refractivity (Wildman–Crippen MR) is 87.4 cm³/mol. The van der Waals surface area contributed by atoms with E-state index in [-0.39, 0.29) is 0 Å². The summed E-state index contributed by atoms with van der Waals surface area (Å²) in [6, 6.07) is 0. The molecule has 18 heavy (non-hydrogen) atoms. The van der Waals surface area contributed by atoms with Gasteiger partial charge in [0.25, 0.3) is 0 Å². The van der Waals surface area contributed by atoms with Crippen LogP contribution in [0.4, 0.5) is 0 Å². The highest BCUT2D eigenvalue weighted by molar-refractivity contribution is 14.1. The van der Waals surface area contributed by atoms with Gasteiger partial charge in [0.15, 0.2) is 0 Å². The number of unbranched alkanes of at least 4 members (excludes halogenated alkanes) is 7. The molecule has 0 N–H and O–H groups in total. The van der Waals surface area contributed by atoms with E-state index in [4.69, 9.17) is 9.47 Å². The summed E-state index contributed by atoms with van der Waals surface area (Å²) >= 11 is 2.46. The summed E-state index contributed by atoms with van der Waals surface area (Å²) in [5.74, 6) is 0. The minimum Gasteiger partial charge on any atom is -0.359 e. The van der Waals surface area contributed by atoms with E-state index in [1.54, 1.807) is 7.11 Å². The van der Waals surface area contributed by atoms with Crippen molar-refractivity contribution in [2.75, 3.05) is 24.9 Å². The lowest BCUT2D eigenvalue weighted by Crippen LogP contribution is -1.96. The molecular weight excluding hydrogens is 339 g/mol. The molecule has 3 heteroatoms. The molecule has 0 radical (unpaired) electrons. The summed E-state index contributed by atoms with van der Waals surface area (Å²) in [4.78, 5) is 0. The fraction of sp³-hybridized carbons (Fsp3) is 0.867. The zero-order valence-electron chi connectivity index (χ0n) is 11.8. The Balaban J connectivity index is 2.99. The highest BCUT2D eigenvalue weighted by Gasteiger charge is 1.90. The first-order valence-electron chi connectivity index (χ1n) is 7.19. The maximum absolute atomic E-state index is 5.20. The Morgan fingerprint density at radius 1 is 0.833 bits per heavy atom. The van der Waals surface area contributed by atoms with Gasteiger partial charge in [-0.05, 0) is 30.1 Å². The van der Waals surface area contributed by atoms with Crippen LogP contribution in [0.25, 0.3) is 0 Å². The van der Waals surface area contributed by atoms with Crippen LogP contribution in [0, 0.1) is 0 Å². The van der Waals surface area contributed by atoms with Crippen LogP contribution in [-0.2, 0) is 9.47 Å². The topological polar surface area (TPSA) is 18.5 Å². The minimum absolute atomic E-state index is 0.408.